The van der Waals surface area contributed by atoms with Crippen molar-refractivity contribution in [1.82, 2.24) is 0 Å². The van der Waals surface area contributed by atoms with Crippen LogP contribution in [0.1, 0.15) is 5.56 Å². The van der Waals surface area contributed by atoms with E-state index in [-0.39, 0.29) is 12.5 Å². The second-order valence-corrected chi connectivity index (χ2v) is 5.25. The highest BCUT2D eigenvalue weighted by atomic mass is 35.5. The molecule has 23 heavy (non-hydrogen) atoms. The number of rotatable bonds is 6. The van der Waals surface area contributed by atoms with Crippen molar-refractivity contribution in [2.24, 2.45) is 0 Å². The summed E-state index contributed by atoms with van der Waals surface area (Å²) in [6.07, 6.45) is 0. The zero-order valence-electron chi connectivity index (χ0n) is 13.2. The first kappa shape index (κ1) is 17.0. The summed E-state index contributed by atoms with van der Waals surface area (Å²) in [5.74, 6) is 1.42. The number of aryl methyl sites for hydroxylation is 1. The summed E-state index contributed by atoms with van der Waals surface area (Å²) in [7, 11) is 3.11. The van der Waals surface area contributed by atoms with Gasteiger partial charge in [-0.05, 0) is 36.8 Å². The molecule has 1 amide bonds. The van der Waals surface area contributed by atoms with Crippen LogP contribution in [-0.2, 0) is 4.79 Å². The summed E-state index contributed by atoms with van der Waals surface area (Å²) in [5, 5.41) is 3.34. The maximum Gasteiger partial charge on any atom is 0.262 e. The van der Waals surface area contributed by atoms with Gasteiger partial charge in [-0.2, -0.15) is 0 Å². The lowest BCUT2D eigenvalue weighted by atomic mass is 10.1. The molecule has 6 heteroatoms. The summed E-state index contributed by atoms with van der Waals surface area (Å²) in [6, 6.07) is 10.4. The summed E-state index contributed by atoms with van der Waals surface area (Å²) < 4.78 is 15.9. The van der Waals surface area contributed by atoms with E-state index >= 15 is 0 Å². The van der Waals surface area contributed by atoms with Gasteiger partial charge in [0.15, 0.2) is 18.1 Å². The molecular weight excluding hydrogens is 318 g/mol. The number of methoxy groups -OCH3 is 2. The molecule has 2 aromatic rings. The Bertz CT molecular complexity index is 703. The molecular formula is C17H18ClNO4. The van der Waals surface area contributed by atoms with Crippen molar-refractivity contribution in [2.75, 3.05) is 26.1 Å². The van der Waals surface area contributed by atoms with Crippen molar-refractivity contribution in [3.8, 4) is 17.2 Å². The van der Waals surface area contributed by atoms with Crippen molar-refractivity contribution in [2.45, 2.75) is 6.92 Å². The number of carbonyl (C=O) groups excluding carboxylic acids is 1. The van der Waals surface area contributed by atoms with Crippen LogP contribution in [0.2, 0.25) is 5.02 Å². The molecule has 2 aromatic carbocycles. The van der Waals surface area contributed by atoms with Crippen molar-refractivity contribution in [3.05, 3.63) is 47.0 Å². The predicted octanol–water partition coefficient (Wildman–Crippen LogP) is 3.68. The Morgan fingerprint density at radius 1 is 1.13 bits per heavy atom. The summed E-state index contributed by atoms with van der Waals surface area (Å²) in [4.78, 5) is 12.0. The molecule has 0 bridgehead atoms. The smallest absolute Gasteiger partial charge is 0.262 e. The number of carbonyl (C=O) groups is 1. The van der Waals surface area contributed by atoms with Crippen LogP contribution in [0.15, 0.2) is 36.4 Å². The molecule has 0 spiro atoms. The van der Waals surface area contributed by atoms with Crippen LogP contribution in [0.4, 0.5) is 5.69 Å². The molecule has 2 rings (SSSR count). The molecule has 0 aliphatic carbocycles. The first-order valence-electron chi connectivity index (χ1n) is 6.94. The van der Waals surface area contributed by atoms with E-state index in [0.717, 1.165) is 5.56 Å². The first-order chi connectivity index (χ1) is 11.0. The predicted molar refractivity (Wildman–Crippen MR) is 89.9 cm³/mol. The molecule has 0 unspecified atom stereocenters. The van der Waals surface area contributed by atoms with Crippen LogP contribution in [0.3, 0.4) is 0 Å². The molecule has 1 N–H and O–H groups in total. The van der Waals surface area contributed by atoms with Gasteiger partial charge in [-0.1, -0.05) is 17.7 Å². The lowest BCUT2D eigenvalue weighted by molar-refractivity contribution is -0.118. The number of anilines is 1. The molecule has 0 saturated heterocycles. The van der Waals surface area contributed by atoms with Gasteiger partial charge in [0.05, 0.1) is 14.2 Å². The number of hydrogen-bond donors (Lipinski definition) is 1. The number of amides is 1. The summed E-state index contributed by atoms with van der Waals surface area (Å²) in [6.45, 7) is 1.75. The minimum absolute atomic E-state index is 0.117. The Morgan fingerprint density at radius 2 is 1.83 bits per heavy atom. The van der Waals surface area contributed by atoms with Gasteiger partial charge in [0.1, 0.15) is 5.75 Å². The molecule has 0 aliphatic rings. The Kier molecular flexibility index (Phi) is 5.71. The van der Waals surface area contributed by atoms with E-state index in [1.54, 1.807) is 50.6 Å². The fraction of sp³-hybridized carbons (Fsp3) is 0.235. The summed E-state index contributed by atoms with van der Waals surface area (Å²) >= 11 is 5.87. The van der Waals surface area contributed by atoms with E-state index in [4.69, 9.17) is 25.8 Å². The van der Waals surface area contributed by atoms with Gasteiger partial charge in [-0.15, -0.1) is 0 Å². The third kappa shape index (κ3) is 4.53. The highest BCUT2D eigenvalue weighted by molar-refractivity contribution is 6.30. The van der Waals surface area contributed by atoms with Gasteiger partial charge in [-0.25, -0.2) is 0 Å². The molecule has 5 nitrogen and oxygen atoms in total. The number of ether oxygens (including phenoxy) is 3. The lowest BCUT2D eigenvalue weighted by Gasteiger charge is -2.14. The van der Waals surface area contributed by atoms with Crippen LogP contribution in [0.25, 0.3) is 0 Å². The highest BCUT2D eigenvalue weighted by Crippen LogP contribution is 2.32. The van der Waals surface area contributed by atoms with Gasteiger partial charge in [-0.3, -0.25) is 4.79 Å². The molecule has 0 fully saturated rings. The molecule has 0 saturated carbocycles. The van der Waals surface area contributed by atoms with Crippen LogP contribution < -0.4 is 19.5 Å². The fourth-order valence-electron chi connectivity index (χ4n) is 2.01. The maximum atomic E-state index is 12.0. The quantitative estimate of drug-likeness (QED) is 0.874. The van der Waals surface area contributed by atoms with Crippen molar-refractivity contribution < 1.29 is 19.0 Å². The lowest BCUT2D eigenvalue weighted by Crippen LogP contribution is -2.20. The second kappa shape index (κ2) is 7.74. The van der Waals surface area contributed by atoms with Gasteiger partial charge in [0.25, 0.3) is 5.91 Å². The molecule has 0 radical (unpaired) electrons. The third-order valence-electron chi connectivity index (χ3n) is 3.17. The zero-order chi connectivity index (χ0) is 16.8. The molecule has 0 aromatic heterocycles. The van der Waals surface area contributed by atoms with Crippen LogP contribution >= 0.6 is 11.6 Å². The van der Waals surface area contributed by atoms with Crippen LogP contribution in [0, 0.1) is 6.92 Å². The number of nitrogens with one attached hydrogen (secondary N) is 1. The standard InChI is InChI=1S/C17H18ClNO4/c1-11-7-15(21-2)16(22-3)9-14(11)19-17(20)10-23-13-6-4-5-12(18)8-13/h4-9H,10H2,1-3H3,(H,19,20). The molecule has 0 heterocycles. The minimum atomic E-state index is -0.278. The van der Waals surface area contributed by atoms with Crippen LogP contribution in [-0.4, -0.2) is 26.7 Å². The van der Waals surface area contributed by atoms with Gasteiger partial charge >= 0.3 is 0 Å². The maximum absolute atomic E-state index is 12.0. The fourth-order valence-corrected chi connectivity index (χ4v) is 2.19. The van der Waals surface area contributed by atoms with Gasteiger partial charge in [0.2, 0.25) is 0 Å². The third-order valence-corrected chi connectivity index (χ3v) is 3.41. The molecule has 122 valence electrons. The van der Waals surface area contributed by atoms with E-state index < -0.39 is 0 Å². The Labute approximate surface area is 140 Å². The average molecular weight is 336 g/mol. The Balaban J connectivity index is 2.02. The van der Waals surface area contributed by atoms with Crippen LogP contribution in [0.5, 0.6) is 17.2 Å². The van der Waals surface area contributed by atoms with Crippen molar-refractivity contribution >= 4 is 23.2 Å². The van der Waals surface area contributed by atoms with E-state index in [1.165, 1.54) is 0 Å². The van der Waals surface area contributed by atoms with E-state index in [0.29, 0.717) is 28.0 Å². The van der Waals surface area contributed by atoms with E-state index in [1.807, 2.05) is 6.92 Å². The van der Waals surface area contributed by atoms with Gasteiger partial charge < -0.3 is 19.5 Å². The largest absolute Gasteiger partial charge is 0.493 e. The SMILES string of the molecule is COc1cc(C)c(NC(=O)COc2cccc(Cl)c2)cc1OC. The Hall–Kier alpha value is -2.40. The number of hydrogen-bond acceptors (Lipinski definition) is 4. The molecule has 0 atom stereocenters. The Morgan fingerprint density at radius 3 is 2.48 bits per heavy atom. The van der Waals surface area contributed by atoms with E-state index in [2.05, 4.69) is 5.32 Å². The summed E-state index contributed by atoms with van der Waals surface area (Å²) in [5.41, 5.74) is 1.50. The topological polar surface area (TPSA) is 56.8 Å². The van der Waals surface area contributed by atoms with Crippen molar-refractivity contribution in [3.63, 3.8) is 0 Å². The molecule has 0 aliphatic heterocycles. The minimum Gasteiger partial charge on any atom is -0.493 e. The second-order valence-electron chi connectivity index (χ2n) is 4.82. The first-order valence-corrected chi connectivity index (χ1v) is 7.32. The normalized spacial score (nSPS) is 10.1. The van der Waals surface area contributed by atoms with Crippen molar-refractivity contribution in [1.29, 1.82) is 0 Å². The van der Waals surface area contributed by atoms with E-state index in [9.17, 15) is 4.79 Å². The average Bonchev–Trinajstić information content (AvgIpc) is 2.54. The number of halogens is 1. The number of benzene rings is 2. The zero-order valence-corrected chi connectivity index (χ0v) is 13.9. The monoisotopic (exact) mass is 335 g/mol. The highest BCUT2D eigenvalue weighted by Gasteiger charge is 2.11. The van der Waals surface area contributed by atoms with Gasteiger partial charge in [0, 0.05) is 16.8 Å².